The molecular formula is C19H27N3O2. The molecule has 24 heavy (non-hydrogen) atoms. The van der Waals surface area contributed by atoms with Crippen LogP contribution >= 0.6 is 0 Å². The summed E-state index contributed by atoms with van der Waals surface area (Å²) in [5.74, 6) is 0.161. The predicted octanol–water partition coefficient (Wildman–Crippen LogP) is 2.42. The number of anilines is 1. The molecule has 3 rings (SSSR count). The van der Waals surface area contributed by atoms with Crippen LogP contribution in [0.3, 0.4) is 0 Å². The highest BCUT2D eigenvalue weighted by atomic mass is 16.2. The van der Waals surface area contributed by atoms with E-state index in [1.54, 1.807) is 4.90 Å². The largest absolute Gasteiger partial charge is 0.349 e. The van der Waals surface area contributed by atoms with E-state index in [1.807, 2.05) is 24.3 Å². The number of hydrogen-bond acceptors (Lipinski definition) is 3. The number of nitrogens with one attached hydrogen (secondary N) is 1. The topological polar surface area (TPSA) is 52.7 Å². The summed E-state index contributed by atoms with van der Waals surface area (Å²) in [5.41, 5.74) is 1.56. The second kappa shape index (κ2) is 7.79. The molecule has 2 saturated heterocycles. The zero-order valence-electron chi connectivity index (χ0n) is 14.5. The lowest BCUT2D eigenvalue weighted by Gasteiger charge is -2.32. The van der Waals surface area contributed by atoms with Gasteiger partial charge >= 0.3 is 0 Å². The lowest BCUT2D eigenvalue weighted by molar-refractivity contribution is -0.117. The summed E-state index contributed by atoms with van der Waals surface area (Å²) in [6.07, 6.45) is 4.76. The second-order valence-corrected chi connectivity index (χ2v) is 6.79. The first-order valence-electron chi connectivity index (χ1n) is 9.11. The van der Waals surface area contributed by atoms with Crippen LogP contribution in [0.25, 0.3) is 0 Å². The molecule has 5 nitrogen and oxygen atoms in total. The highest BCUT2D eigenvalue weighted by molar-refractivity contribution is 5.97. The predicted molar refractivity (Wildman–Crippen MR) is 95.2 cm³/mol. The zero-order chi connectivity index (χ0) is 16.9. The molecule has 1 aromatic carbocycles. The molecule has 2 aliphatic heterocycles. The normalized spacial score (nSPS) is 19.7. The summed E-state index contributed by atoms with van der Waals surface area (Å²) in [4.78, 5) is 28.4. The van der Waals surface area contributed by atoms with Crippen LogP contribution < -0.4 is 10.2 Å². The number of rotatable bonds is 5. The molecule has 2 fully saturated rings. The molecule has 0 spiro atoms. The first-order valence-corrected chi connectivity index (χ1v) is 9.11. The third kappa shape index (κ3) is 3.96. The van der Waals surface area contributed by atoms with Crippen molar-refractivity contribution in [3.63, 3.8) is 0 Å². The van der Waals surface area contributed by atoms with Gasteiger partial charge in [0.25, 0.3) is 5.91 Å². The quantitative estimate of drug-likeness (QED) is 0.902. The van der Waals surface area contributed by atoms with Crippen molar-refractivity contribution in [3.05, 3.63) is 29.8 Å². The van der Waals surface area contributed by atoms with E-state index in [4.69, 9.17) is 0 Å². The lowest BCUT2D eigenvalue weighted by Crippen LogP contribution is -2.44. The van der Waals surface area contributed by atoms with E-state index in [-0.39, 0.29) is 17.9 Å². The van der Waals surface area contributed by atoms with Gasteiger partial charge in [0, 0.05) is 43.3 Å². The van der Waals surface area contributed by atoms with E-state index < -0.39 is 0 Å². The molecule has 0 atom stereocenters. The molecule has 1 N–H and O–H groups in total. The van der Waals surface area contributed by atoms with Crippen LogP contribution in [0, 0.1) is 0 Å². The highest BCUT2D eigenvalue weighted by Gasteiger charge is 2.23. The molecule has 1 aromatic rings. The third-order valence-corrected chi connectivity index (χ3v) is 4.98. The molecule has 2 heterocycles. The number of nitrogens with zero attached hydrogens (tertiary/aromatic N) is 2. The van der Waals surface area contributed by atoms with Crippen LogP contribution in [0.15, 0.2) is 24.3 Å². The Balaban J connectivity index is 1.53. The minimum atomic E-state index is -0.0109. The van der Waals surface area contributed by atoms with Crippen LogP contribution in [-0.2, 0) is 4.79 Å². The van der Waals surface area contributed by atoms with E-state index in [0.29, 0.717) is 12.0 Å². The number of carbonyl (C=O) groups excluding carboxylic acids is 2. The maximum absolute atomic E-state index is 12.4. The van der Waals surface area contributed by atoms with Gasteiger partial charge in [-0.3, -0.25) is 9.59 Å². The average Bonchev–Trinajstić information content (AvgIpc) is 3.03. The van der Waals surface area contributed by atoms with Gasteiger partial charge in [0.1, 0.15) is 0 Å². The van der Waals surface area contributed by atoms with E-state index >= 15 is 0 Å². The van der Waals surface area contributed by atoms with Crippen molar-refractivity contribution < 1.29 is 9.59 Å². The van der Waals surface area contributed by atoms with E-state index in [1.165, 1.54) is 6.42 Å². The van der Waals surface area contributed by atoms with Crippen molar-refractivity contribution in [2.45, 2.75) is 45.1 Å². The minimum absolute atomic E-state index is 0.0109. The van der Waals surface area contributed by atoms with Crippen molar-refractivity contribution in [1.29, 1.82) is 0 Å². The molecule has 0 saturated carbocycles. The molecule has 130 valence electrons. The van der Waals surface area contributed by atoms with Crippen LogP contribution in [0.5, 0.6) is 0 Å². The number of likely N-dealkylation sites (tertiary alicyclic amines) is 1. The van der Waals surface area contributed by atoms with Crippen molar-refractivity contribution in [1.82, 2.24) is 10.2 Å². The fourth-order valence-corrected chi connectivity index (χ4v) is 3.60. The first-order chi connectivity index (χ1) is 11.7. The maximum atomic E-state index is 12.4. The Morgan fingerprint density at radius 1 is 1.17 bits per heavy atom. The molecule has 0 bridgehead atoms. The second-order valence-electron chi connectivity index (χ2n) is 6.79. The molecule has 0 unspecified atom stereocenters. The molecule has 5 heteroatoms. The average molecular weight is 329 g/mol. The molecule has 0 aliphatic carbocycles. The van der Waals surface area contributed by atoms with Crippen LogP contribution in [0.1, 0.15) is 49.4 Å². The van der Waals surface area contributed by atoms with Crippen molar-refractivity contribution in [2.24, 2.45) is 0 Å². The van der Waals surface area contributed by atoms with Crippen molar-refractivity contribution >= 4 is 17.5 Å². The van der Waals surface area contributed by atoms with Gasteiger partial charge in [-0.05, 0) is 56.5 Å². The lowest BCUT2D eigenvalue weighted by atomic mass is 10.0. The monoisotopic (exact) mass is 329 g/mol. The molecular weight excluding hydrogens is 302 g/mol. The van der Waals surface area contributed by atoms with E-state index in [9.17, 15) is 9.59 Å². The Morgan fingerprint density at radius 3 is 2.46 bits per heavy atom. The van der Waals surface area contributed by atoms with Gasteiger partial charge in [-0.2, -0.15) is 0 Å². The number of benzene rings is 1. The minimum Gasteiger partial charge on any atom is -0.349 e. The maximum Gasteiger partial charge on any atom is 0.251 e. The van der Waals surface area contributed by atoms with Crippen molar-refractivity contribution in [2.75, 3.05) is 31.1 Å². The summed E-state index contributed by atoms with van der Waals surface area (Å²) < 4.78 is 0. The summed E-state index contributed by atoms with van der Waals surface area (Å²) in [6.45, 7) is 6.26. The third-order valence-electron chi connectivity index (χ3n) is 4.98. The van der Waals surface area contributed by atoms with Crippen LogP contribution in [-0.4, -0.2) is 48.9 Å². The van der Waals surface area contributed by atoms with Gasteiger partial charge in [0.15, 0.2) is 0 Å². The Labute approximate surface area is 144 Å². The van der Waals surface area contributed by atoms with Gasteiger partial charge in [-0.1, -0.05) is 6.92 Å². The number of carbonyl (C=O) groups is 2. The number of piperidine rings is 1. The van der Waals surface area contributed by atoms with Gasteiger partial charge in [-0.15, -0.1) is 0 Å². The molecule has 2 aliphatic rings. The Kier molecular flexibility index (Phi) is 5.51. The smallest absolute Gasteiger partial charge is 0.251 e. The Morgan fingerprint density at radius 2 is 1.88 bits per heavy atom. The molecule has 2 amide bonds. The van der Waals surface area contributed by atoms with Gasteiger partial charge in [0.2, 0.25) is 5.91 Å². The van der Waals surface area contributed by atoms with Gasteiger partial charge in [-0.25, -0.2) is 0 Å². The first kappa shape index (κ1) is 17.0. The van der Waals surface area contributed by atoms with Crippen molar-refractivity contribution in [3.8, 4) is 0 Å². The summed E-state index contributed by atoms with van der Waals surface area (Å²) >= 11 is 0. The molecule has 0 aromatic heterocycles. The summed E-state index contributed by atoms with van der Waals surface area (Å²) in [7, 11) is 0. The fourth-order valence-electron chi connectivity index (χ4n) is 3.60. The summed E-state index contributed by atoms with van der Waals surface area (Å²) in [6, 6.07) is 7.67. The standard InChI is InChI=1S/C19H27N3O2/c1-2-11-21-13-9-16(10-14-21)20-19(24)15-5-7-17(8-6-15)22-12-3-4-18(22)23/h5-8,16H,2-4,9-14H2,1H3,(H,20,24). The van der Waals surface area contributed by atoms with E-state index in [2.05, 4.69) is 17.1 Å². The number of hydrogen-bond donors (Lipinski definition) is 1. The fraction of sp³-hybridized carbons (Fsp3) is 0.579. The zero-order valence-corrected chi connectivity index (χ0v) is 14.5. The van der Waals surface area contributed by atoms with Gasteiger partial charge in [0.05, 0.1) is 0 Å². The SMILES string of the molecule is CCCN1CCC(NC(=O)c2ccc(N3CCCC3=O)cc2)CC1. The Hall–Kier alpha value is -1.88. The molecule has 0 radical (unpaired) electrons. The van der Waals surface area contributed by atoms with Crippen LogP contribution in [0.2, 0.25) is 0 Å². The van der Waals surface area contributed by atoms with Crippen LogP contribution in [0.4, 0.5) is 5.69 Å². The van der Waals surface area contributed by atoms with E-state index in [0.717, 1.165) is 51.1 Å². The highest BCUT2D eigenvalue weighted by Crippen LogP contribution is 2.21. The number of amides is 2. The van der Waals surface area contributed by atoms with Gasteiger partial charge < -0.3 is 15.1 Å². The Bertz CT molecular complexity index is 577. The summed E-state index contributed by atoms with van der Waals surface area (Å²) in [5, 5.41) is 3.15.